The number of carbonyl (C=O) groups is 1. The van der Waals surface area contributed by atoms with Gasteiger partial charge in [0.25, 0.3) is 0 Å². The van der Waals surface area contributed by atoms with Crippen LogP contribution in [0.1, 0.15) is 18.9 Å². The van der Waals surface area contributed by atoms with Crippen molar-refractivity contribution in [3.63, 3.8) is 0 Å². The second-order valence-electron chi connectivity index (χ2n) is 3.57. The molecular formula is C11H10F2N2O2. The summed E-state index contributed by atoms with van der Waals surface area (Å²) in [4.78, 5) is 10.4. The van der Waals surface area contributed by atoms with Gasteiger partial charge in [0.05, 0.1) is 18.1 Å². The third-order valence-electron chi connectivity index (χ3n) is 2.04. The molecular weight excluding hydrogens is 230 g/mol. The van der Waals surface area contributed by atoms with Gasteiger partial charge in [0.1, 0.15) is 5.69 Å². The highest BCUT2D eigenvalue weighted by molar-refractivity contribution is 5.68. The molecule has 0 heterocycles. The third-order valence-corrected chi connectivity index (χ3v) is 2.04. The first-order valence-electron chi connectivity index (χ1n) is 4.81. The van der Waals surface area contributed by atoms with Crippen LogP contribution in [0.5, 0.6) is 0 Å². The smallest absolute Gasteiger partial charge is 0.305 e. The molecule has 0 saturated heterocycles. The Labute approximate surface area is 96.5 Å². The van der Waals surface area contributed by atoms with Gasteiger partial charge in [-0.25, -0.2) is 8.78 Å². The number of halogens is 2. The summed E-state index contributed by atoms with van der Waals surface area (Å²) < 4.78 is 26.8. The molecule has 4 nitrogen and oxygen atoms in total. The minimum absolute atomic E-state index is 0.128. The molecule has 1 aromatic carbocycles. The molecule has 6 heteroatoms. The summed E-state index contributed by atoms with van der Waals surface area (Å²) in [5.41, 5.74) is -0.547. The fourth-order valence-corrected chi connectivity index (χ4v) is 1.33. The van der Waals surface area contributed by atoms with Crippen LogP contribution >= 0.6 is 0 Å². The van der Waals surface area contributed by atoms with Gasteiger partial charge in [-0.2, -0.15) is 5.26 Å². The van der Waals surface area contributed by atoms with Gasteiger partial charge in [0.2, 0.25) is 0 Å². The Morgan fingerprint density at radius 3 is 2.47 bits per heavy atom. The number of hydrogen-bond donors (Lipinski definition) is 2. The normalized spacial score (nSPS) is 11.6. The number of nitrogens with one attached hydrogen (secondary N) is 1. The fraction of sp³-hybridized carbons (Fsp3) is 0.273. The number of benzene rings is 1. The predicted molar refractivity (Wildman–Crippen MR) is 56.4 cm³/mol. The fourth-order valence-electron chi connectivity index (χ4n) is 1.33. The largest absolute Gasteiger partial charge is 0.481 e. The minimum atomic E-state index is -1.07. The molecule has 0 bridgehead atoms. The Balaban J connectivity index is 2.92. The van der Waals surface area contributed by atoms with Gasteiger partial charge >= 0.3 is 5.97 Å². The van der Waals surface area contributed by atoms with E-state index in [9.17, 15) is 13.6 Å². The van der Waals surface area contributed by atoms with Crippen LogP contribution in [-0.4, -0.2) is 17.1 Å². The summed E-state index contributed by atoms with van der Waals surface area (Å²) in [5.74, 6) is -2.91. The Hall–Kier alpha value is -2.16. The van der Waals surface area contributed by atoms with Crippen LogP contribution in [0.2, 0.25) is 0 Å². The summed E-state index contributed by atoms with van der Waals surface area (Å²) in [7, 11) is 0. The van der Waals surface area contributed by atoms with E-state index in [-0.39, 0.29) is 12.0 Å². The summed E-state index contributed by atoms with van der Waals surface area (Å²) in [6.07, 6.45) is -0.265. The molecule has 0 aliphatic rings. The molecule has 0 aliphatic heterocycles. The van der Waals surface area contributed by atoms with E-state index in [1.54, 1.807) is 6.07 Å². The van der Waals surface area contributed by atoms with Crippen molar-refractivity contribution in [3.8, 4) is 6.07 Å². The van der Waals surface area contributed by atoms with E-state index in [1.807, 2.05) is 0 Å². The second-order valence-corrected chi connectivity index (χ2v) is 3.57. The molecule has 1 rings (SSSR count). The van der Waals surface area contributed by atoms with E-state index in [2.05, 4.69) is 5.32 Å². The topological polar surface area (TPSA) is 73.1 Å². The lowest BCUT2D eigenvalue weighted by Gasteiger charge is -2.14. The van der Waals surface area contributed by atoms with E-state index in [1.165, 1.54) is 6.92 Å². The van der Waals surface area contributed by atoms with Crippen LogP contribution in [0.15, 0.2) is 12.1 Å². The lowest BCUT2D eigenvalue weighted by Crippen LogP contribution is -2.20. The molecule has 0 aliphatic carbocycles. The molecule has 0 radical (unpaired) electrons. The highest BCUT2D eigenvalue weighted by Crippen LogP contribution is 2.21. The number of carboxylic acids is 1. The monoisotopic (exact) mass is 240 g/mol. The number of nitrogens with zero attached hydrogens (tertiary/aromatic N) is 1. The summed E-state index contributed by atoms with van der Waals surface area (Å²) in [6.45, 7) is 1.49. The summed E-state index contributed by atoms with van der Waals surface area (Å²) >= 11 is 0. The van der Waals surface area contributed by atoms with Gasteiger partial charge in [0, 0.05) is 6.04 Å². The number of anilines is 1. The first-order chi connectivity index (χ1) is 7.93. The molecule has 17 heavy (non-hydrogen) atoms. The third kappa shape index (κ3) is 3.41. The Kier molecular flexibility index (Phi) is 3.99. The van der Waals surface area contributed by atoms with E-state index >= 15 is 0 Å². The van der Waals surface area contributed by atoms with Crippen molar-refractivity contribution in [2.75, 3.05) is 5.32 Å². The zero-order valence-corrected chi connectivity index (χ0v) is 9.00. The molecule has 1 unspecified atom stereocenters. The maximum Gasteiger partial charge on any atom is 0.305 e. The van der Waals surface area contributed by atoms with Gasteiger partial charge < -0.3 is 10.4 Å². The van der Waals surface area contributed by atoms with Gasteiger partial charge in [-0.05, 0) is 19.1 Å². The minimum Gasteiger partial charge on any atom is -0.481 e. The highest BCUT2D eigenvalue weighted by atomic mass is 19.1. The second kappa shape index (κ2) is 5.25. The van der Waals surface area contributed by atoms with Crippen molar-refractivity contribution < 1.29 is 18.7 Å². The molecule has 0 amide bonds. The van der Waals surface area contributed by atoms with E-state index in [4.69, 9.17) is 10.4 Å². The number of carboxylic acid groups (broad SMARTS) is 1. The molecule has 0 fully saturated rings. The lowest BCUT2D eigenvalue weighted by atomic mass is 10.1. The summed E-state index contributed by atoms with van der Waals surface area (Å²) in [5, 5.41) is 19.4. The zero-order chi connectivity index (χ0) is 13.0. The molecule has 0 spiro atoms. The van der Waals surface area contributed by atoms with Crippen molar-refractivity contribution >= 4 is 11.7 Å². The van der Waals surface area contributed by atoms with Crippen molar-refractivity contribution in [3.05, 3.63) is 29.3 Å². The number of hydrogen-bond acceptors (Lipinski definition) is 3. The maximum atomic E-state index is 13.4. The zero-order valence-electron chi connectivity index (χ0n) is 9.00. The summed E-state index contributed by atoms with van der Waals surface area (Å²) in [6, 6.07) is 2.77. The molecule has 2 N–H and O–H groups in total. The van der Waals surface area contributed by atoms with Crippen molar-refractivity contribution in [1.29, 1.82) is 5.26 Å². The maximum absolute atomic E-state index is 13.4. The lowest BCUT2D eigenvalue weighted by molar-refractivity contribution is -0.137. The molecule has 0 aromatic heterocycles. The molecule has 1 aromatic rings. The number of aliphatic carboxylic acids is 1. The van der Waals surface area contributed by atoms with Crippen LogP contribution in [0, 0.1) is 23.0 Å². The average molecular weight is 240 g/mol. The van der Waals surface area contributed by atoms with Crippen LogP contribution in [0.4, 0.5) is 14.5 Å². The quantitative estimate of drug-likeness (QED) is 0.845. The predicted octanol–water partition coefficient (Wildman–Crippen LogP) is 2.11. The Morgan fingerprint density at radius 2 is 2.06 bits per heavy atom. The van der Waals surface area contributed by atoms with Gasteiger partial charge in [-0.1, -0.05) is 0 Å². The molecule has 1 atom stereocenters. The Morgan fingerprint density at radius 1 is 1.53 bits per heavy atom. The van der Waals surface area contributed by atoms with Crippen molar-refractivity contribution in [2.45, 2.75) is 19.4 Å². The van der Waals surface area contributed by atoms with Crippen molar-refractivity contribution in [1.82, 2.24) is 0 Å². The standard InChI is InChI=1S/C11H10F2N2O2/c1-6(2-10(16)17)15-11-8(12)3-7(5-14)4-9(11)13/h3-4,6,15H,2H2,1H3,(H,16,17). The molecule has 90 valence electrons. The molecule has 0 saturated carbocycles. The number of nitriles is 1. The first kappa shape index (κ1) is 12.9. The average Bonchev–Trinajstić information content (AvgIpc) is 2.22. The van der Waals surface area contributed by atoms with E-state index in [0.29, 0.717) is 0 Å². The first-order valence-corrected chi connectivity index (χ1v) is 4.81. The number of rotatable bonds is 4. The Bertz CT molecular complexity index is 460. The van der Waals surface area contributed by atoms with Gasteiger partial charge in [0.15, 0.2) is 11.6 Å². The SMILES string of the molecule is CC(CC(=O)O)Nc1c(F)cc(C#N)cc1F. The van der Waals surface area contributed by atoms with E-state index < -0.39 is 29.3 Å². The van der Waals surface area contributed by atoms with Gasteiger partial charge in [-0.15, -0.1) is 0 Å². The van der Waals surface area contributed by atoms with Crippen LogP contribution < -0.4 is 5.32 Å². The van der Waals surface area contributed by atoms with Crippen molar-refractivity contribution in [2.24, 2.45) is 0 Å². The van der Waals surface area contributed by atoms with E-state index in [0.717, 1.165) is 12.1 Å². The van der Waals surface area contributed by atoms with Gasteiger partial charge in [-0.3, -0.25) is 4.79 Å². The highest BCUT2D eigenvalue weighted by Gasteiger charge is 2.15. The van der Waals surface area contributed by atoms with Crippen LogP contribution in [-0.2, 0) is 4.79 Å². The van der Waals surface area contributed by atoms with Crippen LogP contribution in [0.25, 0.3) is 0 Å². The van der Waals surface area contributed by atoms with Crippen LogP contribution in [0.3, 0.4) is 0 Å².